The molecule has 1 rings (SSSR count). The summed E-state index contributed by atoms with van der Waals surface area (Å²) in [7, 11) is 0. The van der Waals surface area contributed by atoms with E-state index < -0.39 is 0 Å². The summed E-state index contributed by atoms with van der Waals surface area (Å²) in [6.07, 6.45) is 14.2. The largest absolute Gasteiger partial charge is 0.494 e. The summed E-state index contributed by atoms with van der Waals surface area (Å²) in [5.74, 6) is 0.801. The maximum atomic E-state index is 10.7. The second-order valence-corrected chi connectivity index (χ2v) is 5.72. The number of ether oxygens (including phenoxy) is 1. The van der Waals surface area contributed by atoms with Gasteiger partial charge >= 0.3 is 0 Å². The first-order chi connectivity index (χ1) is 10.4. The first-order valence-corrected chi connectivity index (χ1v) is 8.55. The molecule has 118 valence electrons. The maximum Gasteiger partial charge on any atom is 0.150 e. The van der Waals surface area contributed by atoms with Crippen LogP contribution in [0.1, 0.15) is 81.5 Å². The molecule has 0 aliphatic carbocycles. The highest BCUT2D eigenvalue weighted by molar-refractivity contribution is 5.75. The molecule has 1 aromatic carbocycles. The minimum atomic E-state index is 0.676. The van der Waals surface area contributed by atoms with E-state index in [1.165, 1.54) is 57.8 Å². The molecule has 21 heavy (non-hydrogen) atoms. The van der Waals surface area contributed by atoms with Crippen molar-refractivity contribution in [2.75, 3.05) is 6.61 Å². The lowest BCUT2D eigenvalue weighted by Gasteiger charge is -2.06. The molecular formula is C19H30O2. The van der Waals surface area contributed by atoms with E-state index in [4.69, 9.17) is 4.74 Å². The molecule has 0 heterocycles. The van der Waals surface area contributed by atoms with E-state index in [1.807, 2.05) is 12.1 Å². The van der Waals surface area contributed by atoms with Crippen LogP contribution in [0.4, 0.5) is 0 Å². The summed E-state index contributed by atoms with van der Waals surface area (Å²) >= 11 is 0. The number of hydrogen-bond donors (Lipinski definition) is 0. The van der Waals surface area contributed by atoms with E-state index in [1.54, 1.807) is 12.1 Å². The lowest BCUT2D eigenvalue weighted by atomic mass is 10.1. The van der Waals surface area contributed by atoms with Gasteiger partial charge in [0.1, 0.15) is 12.0 Å². The van der Waals surface area contributed by atoms with Crippen LogP contribution in [-0.2, 0) is 0 Å². The van der Waals surface area contributed by atoms with E-state index in [0.717, 1.165) is 25.1 Å². The average molecular weight is 290 g/mol. The van der Waals surface area contributed by atoms with Gasteiger partial charge in [0.2, 0.25) is 0 Å². The van der Waals surface area contributed by atoms with Crippen LogP contribution in [0.2, 0.25) is 0 Å². The predicted octanol–water partition coefficient (Wildman–Crippen LogP) is 5.80. The molecule has 0 amide bonds. The van der Waals surface area contributed by atoms with Gasteiger partial charge in [-0.1, -0.05) is 76.8 Å². The topological polar surface area (TPSA) is 26.3 Å². The summed E-state index contributed by atoms with van der Waals surface area (Å²) in [6.45, 7) is 3.01. The normalized spacial score (nSPS) is 10.5. The predicted molar refractivity (Wildman–Crippen MR) is 89.2 cm³/mol. The van der Waals surface area contributed by atoms with Gasteiger partial charge in [0, 0.05) is 5.56 Å². The van der Waals surface area contributed by atoms with Gasteiger partial charge in [0.05, 0.1) is 6.61 Å². The van der Waals surface area contributed by atoms with Gasteiger partial charge in [-0.25, -0.2) is 0 Å². The molecule has 0 saturated carbocycles. The van der Waals surface area contributed by atoms with Gasteiger partial charge in [-0.3, -0.25) is 4.79 Å². The number of benzene rings is 1. The minimum absolute atomic E-state index is 0.676. The van der Waals surface area contributed by atoms with Crippen molar-refractivity contribution in [1.29, 1.82) is 0 Å². The zero-order valence-corrected chi connectivity index (χ0v) is 13.5. The average Bonchev–Trinajstić information content (AvgIpc) is 2.53. The van der Waals surface area contributed by atoms with Gasteiger partial charge in [0.15, 0.2) is 0 Å². The third-order valence-electron chi connectivity index (χ3n) is 3.76. The van der Waals surface area contributed by atoms with Crippen LogP contribution in [-0.4, -0.2) is 12.9 Å². The Hall–Kier alpha value is -1.31. The monoisotopic (exact) mass is 290 g/mol. The Morgan fingerprint density at radius 3 is 2.14 bits per heavy atom. The van der Waals surface area contributed by atoms with Gasteiger partial charge in [0.25, 0.3) is 0 Å². The highest BCUT2D eigenvalue weighted by Gasteiger charge is 1.96. The van der Waals surface area contributed by atoms with Crippen LogP contribution >= 0.6 is 0 Å². The van der Waals surface area contributed by atoms with Crippen LogP contribution in [0.3, 0.4) is 0 Å². The first-order valence-electron chi connectivity index (χ1n) is 8.55. The van der Waals surface area contributed by atoms with Crippen LogP contribution in [0.25, 0.3) is 0 Å². The number of unbranched alkanes of at least 4 members (excludes halogenated alkanes) is 9. The SMILES string of the molecule is CCCCCCCCCCCCOc1cccc(C=O)c1. The fraction of sp³-hybridized carbons (Fsp3) is 0.632. The lowest BCUT2D eigenvalue weighted by Crippen LogP contribution is -1.97. The van der Waals surface area contributed by atoms with Crippen molar-refractivity contribution in [3.63, 3.8) is 0 Å². The Kier molecular flexibility index (Phi) is 10.5. The van der Waals surface area contributed by atoms with Crippen molar-refractivity contribution in [3.8, 4) is 5.75 Å². The van der Waals surface area contributed by atoms with Crippen LogP contribution in [0, 0.1) is 0 Å². The van der Waals surface area contributed by atoms with E-state index in [-0.39, 0.29) is 0 Å². The van der Waals surface area contributed by atoms with Crippen molar-refractivity contribution in [2.45, 2.75) is 71.1 Å². The summed E-state index contributed by atoms with van der Waals surface area (Å²) in [5, 5.41) is 0. The molecule has 1 aromatic rings. The first kappa shape index (κ1) is 17.7. The van der Waals surface area contributed by atoms with Gasteiger partial charge in [-0.15, -0.1) is 0 Å². The quantitative estimate of drug-likeness (QED) is 0.339. The molecule has 0 atom stereocenters. The van der Waals surface area contributed by atoms with Gasteiger partial charge < -0.3 is 4.74 Å². The van der Waals surface area contributed by atoms with E-state index in [2.05, 4.69) is 6.92 Å². The highest BCUT2D eigenvalue weighted by atomic mass is 16.5. The highest BCUT2D eigenvalue weighted by Crippen LogP contribution is 2.14. The van der Waals surface area contributed by atoms with Crippen LogP contribution in [0.15, 0.2) is 24.3 Å². The standard InChI is InChI=1S/C19H30O2/c1-2-3-4-5-6-7-8-9-10-11-15-21-19-14-12-13-18(16-19)17-20/h12-14,16-17H,2-11,15H2,1H3. The molecule has 0 radical (unpaired) electrons. The third kappa shape index (κ3) is 9.28. The molecule has 0 aliphatic heterocycles. The second-order valence-electron chi connectivity index (χ2n) is 5.72. The molecule has 0 unspecified atom stereocenters. The van der Waals surface area contributed by atoms with Crippen molar-refractivity contribution < 1.29 is 9.53 Å². The molecule has 0 N–H and O–H groups in total. The molecule has 0 aliphatic rings. The molecular weight excluding hydrogens is 260 g/mol. The molecule has 0 bridgehead atoms. The Balaban J connectivity index is 1.91. The summed E-state index contributed by atoms with van der Waals surface area (Å²) in [5.41, 5.74) is 0.676. The lowest BCUT2D eigenvalue weighted by molar-refractivity contribution is 0.112. The number of hydrogen-bond acceptors (Lipinski definition) is 2. The van der Waals surface area contributed by atoms with Gasteiger partial charge in [-0.05, 0) is 18.6 Å². The van der Waals surface area contributed by atoms with Crippen LogP contribution < -0.4 is 4.74 Å². The zero-order chi connectivity index (χ0) is 15.2. The summed E-state index contributed by atoms with van der Waals surface area (Å²) in [4.78, 5) is 10.7. The smallest absolute Gasteiger partial charge is 0.150 e. The maximum absolute atomic E-state index is 10.7. The summed E-state index contributed by atoms with van der Waals surface area (Å²) in [6, 6.07) is 7.35. The van der Waals surface area contributed by atoms with Gasteiger partial charge in [-0.2, -0.15) is 0 Å². The van der Waals surface area contributed by atoms with Crippen molar-refractivity contribution in [1.82, 2.24) is 0 Å². The summed E-state index contributed by atoms with van der Waals surface area (Å²) < 4.78 is 5.66. The fourth-order valence-electron chi connectivity index (χ4n) is 2.46. The second kappa shape index (κ2) is 12.4. The molecule has 2 heteroatoms. The molecule has 2 nitrogen and oxygen atoms in total. The third-order valence-corrected chi connectivity index (χ3v) is 3.76. The van der Waals surface area contributed by atoms with Crippen molar-refractivity contribution in [3.05, 3.63) is 29.8 Å². The Labute approximate surface area is 129 Å². The van der Waals surface area contributed by atoms with E-state index in [9.17, 15) is 4.79 Å². The van der Waals surface area contributed by atoms with Crippen molar-refractivity contribution >= 4 is 6.29 Å². The molecule has 0 fully saturated rings. The zero-order valence-electron chi connectivity index (χ0n) is 13.5. The molecule has 0 spiro atoms. The number of carbonyl (C=O) groups excluding carboxylic acids is 1. The Morgan fingerprint density at radius 1 is 0.905 bits per heavy atom. The number of rotatable bonds is 13. The van der Waals surface area contributed by atoms with E-state index in [0.29, 0.717) is 5.56 Å². The fourth-order valence-corrected chi connectivity index (χ4v) is 2.46. The van der Waals surface area contributed by atoms with Crippen molar-refractivity contribution in [2.24, 2.45) is 0 Å². The molecule has 0 saturated heterocycles. The Bertz CT molecular complexity index is 374. The van der Waals surface area contributed by atoms with Crippen LogP contribution in [0.5, 0.6) is 5.75 Å². The molecule has 0 aromatic heterocycles. The number of carbonyl (C=O) groups is 1. The minimum Gasteiger partial charge on any atom is -0.494 e. The van der Waals surface area contributed by atoms with E-state index >= 15 is 0 Å². The number of aldehydes is 1. The Morgan fingerprint density at radius 2 is 1.52 bits per heavy atom.